The number of nitrogens with one attached hydrogen (secondary N) is 1. The Morgan fingerprint density at radius 1 is 1.59 bits per heavy atom. The minimum atomic E-state index is -0.209. The first kappa shape index (κ1) is 13.9. The number of rotatable bonds is 3. The Morgan fingerprint density at radius 2 is 2.24 bits per heavy atom. The summed E-state index contributed by atoms with van der Waals surface area (Å²) in [6.45, 7) is 5.98. The molecule has 1 aromatic rings. The van der Waals surface area contributed by atoms with Crippen LogP contribution in [0.1, 0.15) is 27.2 Å². The molecule has 0 aliphatic carbocycles. The van der Waals surface area contributed by atoms with E-state index in [0.29, 0.717) is 5.82 Å². The van der Waals surface area contributed by atoms with Gasteiger partial charge in [-0.1, -0.05) is 20.8 Å². The number of nitrogens with zero attached hydrogens (tertiary/aromatic N) is 2. The topological polar surface area (TPSA) is 80.9 Å². The first-order chi connectivity index (χ1) is 7.79. The van der Waals surface area contributed by atoms with Crippen LogP contribution in [0.3, 0.4) is 0 Å². The molecule has 6 heteroatoms. The Hall–Kier alpha value is -1.20. The molecule has 0 radical (unpaired) electrons. The summed E-state index contributed by atoms with van der Waals surface area (Å²) in [4.78, 5) is 19.3. The van der Waals surface area contributed by atoms with Gasteiger partial charge >= 0.3 is 0 Å². The fourth-order valence-electron chi connectivity index (χ4n) is 1.10. The predicted molar refractivity (Wildman–Crippen MR) is 67.7 cm³/mol. The summed E-state index contributed by atoms with van der Waals surface area (Å²) >= 11 is 5.61. The minimum Gasteiger partial charge on any atom is -0.327 e. The van der Waals surface area contributed by atoms with E-state index in [1.54, 1.807) is 6.07 Å². The van der Waals surface area contributed by atoms with Gasteiger partial charge in [0.05, 0.1) is 0 Å². The number of carbonyl (C=O) groups excluding carboxylic acids is 1. The smallest absolute Gasteiger partial charge is 0.227 e. The van der Waals surface area contributed by atoms with Gasteiger partial charge in [0.25, 0.3) is 0 Å². The van der Waals surface area contributed by atoms with E-state index in [0.717, 1.165) is 0 Å². The van der Waals surface area contributed by atoms with Gasteiger partial charge in [-0.2, -0.15) is 0 Å². The van der Waals surface area contributed by atoms with Crippen LogP contribution >= 0.6 is 11.6 Å². The maximum Gasteiger partial charge on any atom is 0.227 e. The number of halogens is 1. The van der Waals surface area contributed by atoms with Crippen LogP contribution < -0.4 is 11.1 Å². The summed E-state index contributed by atoms with van der Waals surface area (Å²) in [6.07, 6.45) is 1.72. The molecule has 1 amide bonds. The average molecular weight is 257 g/mol. The van der Waals surface area contributed by atoms with Gasteiger partial charge in [0.2, 0.25) is 11.2 Å². The molecule has 1 heterocycles. The van der Waals surface area contributed by atoms with Crippen molar-refractivity contribution in [1.82, 2.24) is 9.97 Å². The van der Waals surface area contributed by atoms with Crippen LogP contribution in [0.2, 0.25) is 5.28 Å². The summed E-state index contributed by atoms with van der Waals surface area (Å²) in [7, 11) is 0. The molecule has 0 aliphatic rings. The fourth-order valence-corrected chi connectivity index (χ4v) is 1.25. The van der Waals surface area contributed by atoms with Gasteiger partial charge in [-0.25, -0.2) is 9.97 Å². The standard InChI is InChI=1S/C11H17ClN4O/c1-11(2,3)7(13)6-9(17)15-8-4-5-14-10(12)16-8/h4-5,7H,6,13H2,1-3H3,(H,14,15,16,17). The van der Waals surface area contributed by atoms with Crippen molar-refractivity contribution >= 4 is 23.3 Å². The molecule has 0 saturated carbocycles. The number of anilines is 1. The molecule has 17 heavy (non-hydrogen) atoms. The largest absolute Gasteiger partial charge is 0.327 e. The van der Waals surface area contributed by atoms with Crippen molar-refractivity contribution in [2.24, 2.45) is 11.1 Å². The highest BCUT2D eigenvalue weighted by Crippen LogP contribution is 2.20. The molecule has 0 fully saturated rings. The van der Waals surface area contributed by atoms with Crippen molar-refractivity contribution in [2.45, 2.75) is 33.2 Å². The van der Waals surface area contributed by atoms with E-state index < -0.39 is 0 Å². The molecule has 0 aliphatic heterocycles. The molecule has 1 atom stereocenters. The molecular formula is C11H17ClN4O. The fraction of sp³-hybridized carbons (Fsp3) is 0.545. The lowest BCUT2D eigenvalue weighted by Crippen LogP contribution is -2.38. The van der Waals surface area contributed by atoms with E-state index in [1.165, 1.54) is 6.20 Å². The number of nitrogens with two attached hydrogens (primary N) is 1. The third-order valence-electron chi connectivity index (χ3n) is 2.41. The third-order valence-corrected chi connectivity index (χ3v) is 2.59. The molecule has 94 valence electrons. The van der Waals surface area contributed by atoms with Crippen LogP contribution in [0.15, 0.2) is 12.3 Å². The Kier molecular flexibility index (Phi) is 4.42. The van der Waals surface area contributed by atoms with Crippen LogP contribution in [0.25, 0.3) is 0 Å². The van der Waals surface area contributed by atoms with Gasteiger partial charge in [-0.3, -0.25) is 4.79 Å². The summed E-state index contributed by atoms with van der Waals surface area (Å²) in [5, 5.41) is 2.73. The number of hydrogen-bond acceptors (Lipinski definition) is 4. The monoisotopic (exact) mass is 256 g/mol. The highest BCUT2D eigenvalue weighted by atomic mass is 35.5. The second kappa shape index (κ2) is 5.42. The summed E-state index contributed by atoms with van der Waals surface area (Å²) < 4.78 is 0. The minimum absolute atomic E-state index is 0.0999. The molecule has 3 N–H and O–H groups in total. The molecular weight excluding hydrogens is 240 g/mol. The maximum atomic E-state index is 11.7. The maximum absolute atomic E-state index is 11.7. The lowest BCUT2D eigenvalue weighted by atomic mass is 9.85. The van der Waals surface area contributed by atoms with Crippen LogP contribution in [0, 0.1) is 5.41 Å². The van der Waals surface area contributed by atoms with E-state index in [4.69, 9.17) is 17.3 Å². The Morgan fingerprint density at radius 3 is 2.76 bits per heavy atom. The molecule has 5 nitrogen and oxygen atoms in total. The average Bonchev–Trinajstić information content (AvgIpc) is 2.15. The summed E-state index contributed by atoms with van der Waals surface area (Å²) in [5.74, 6) is 0.207. The summed E-state index contributed by atoms with van der Waals surface area (Å²) in [5.41, 5.74) is 5.81. The third kappa shape index (κ3) is 4.66. The van der Waals surface area contributed by atoms with Gasteiger partial charge in [0.1, 0.15) is 5.82 Å². The zero-order valence-electron chi connectivity index (χ0n) is 10.2. The lowest BCUT2D eigenvalue weighted by Gasteiger charge is -2.26. The first-order valence-corrected chi connectivity index (χ1v) is 5.71. The molecule has 0 spiro atoms. The quantitative estimate of drug-likeness (QED) is 0.809. The number of aromatic nitrogens is 2. The SMILES string of the molecule is CC(C)(C)C(N)CC(=O)Nc1ccnc(Cl)n1. The Balaban J connectivity index is 2.56. The van der Waals surface area contributed by atoms with Crippen molar-refractivity contribution < 1.29 is 4.79 Å². The highest BCUT2D eigenvalue weighted by molar-refractivity contribution is 6.28. The molecule has 1 rings (SSSR count). The van der Waals surface area contributed by atoms with Crippen LogP contribution in [0.4, 0.5) is 5.82 Å². The van der Waals surface area contributed by atoms with Gasteiger partial charge in [0.15, 0.2) is 0 Å². The summed E-state index contributed by atoms with van der Waals surface area (Å²) in [6, 6.07) is 1.37. The van der Waals surface area contributed by atoms with E-state index in [-0.39, 0.29) is 29.1 Å². The van der Waals surface area contributed by atoms with Gasteiger partial charge < -0.3 is 11.1 Å². The van der Waals surface area contributed by atoms with Crippen LogP contribution in [0.5, 0.6) is 0 Å². The number of amides is 1. The van der Waals surface area contributed by atoms with Crippen molar-refractivity contribution in [3.63, 3.8) is 0 Å². The Labute approximate surface area is 106 Å². The van der Waals surface area contributed by atoms with Crippen molar-refractivity contribution in [2.75, 3.05) is 5.32 Å². The normalized spacial score (nSPS) is 13.2. The molecule has 0 saturated heterocycles. The molecule has 0 aromatic carbocycles. The zero-order chi connectivity index (χ0) is 13.1. The van der Waals surface area contributed by atoms with Crippen LogP contribution in [-0.4, -0.2) is 21.9 Å². The van der Waals surface area contributed by atoms with E-state index in [1.807, 2.05) is 20.8 Å². The second-order valence-electron chi connectivity index (χ2n) is 4.94. The molecule has 1 unspecified atom stereocenters. The molecule has 1 aromatic heterocycles. The predicted octanol–water partition coefficient (Wildman–Crippen LogP) is 1.83. The zero-order valence-corrected chi connectivity index (χ0v) is 11.0. The number of hydrogen-bond donors (Lipinski definition) is 2. The van der Waals surface area contributed by atoms with Crippen molar-refractivity contribution in [1.29, 1.82) is 0 Å². The molecule has 0 bridgehead atoms. The lowest BCUT2D eigenvalue weighted by molar-refractivity contribution is -0.117. The highest BCUT2D eigenvalue weighted by Gasteiger charge is 2.23. The van der Waals surface area contributed by atoms with Gasteiger partial charge in [0, 0.05) is 18.7 Å². The first-order valence-electron chi connectivity index (χ1n) is 5.33. The van der Waals surface area contributed by atoms with E-state index in [2.05, 4.69) is 15.3 Å². The Bertz CT molecular complexity index is 403. The van der Waals surface area contributed by atoms with Gasteiger partial charge in [-0.15, -0.1) is 0 Å². The second-order valence-corrected chi connectivity index (χ2v) is 5.27. The number of carbonyl (C=O) groups is 1. The van der Waals surface area contributed by atoms with Crippen molar-refractivity contribution in [3.8, 4) is 0 Å². The van der Waals surface area contributed by atoms with E-state index >= 15 is 0 Å². The van der Waals surface area contributed by atoms with Gasteiger partial charge in [-0.05, 0) is 23.1 Å². The van der Waals surface area contributed by atoms with E-state index in [9.17, 15) is 4.79 Å². The van der Waals surface area contributed by atoms with Crippen molar-refractivity contribution in [3.05, 3.63) is 17.5 Å². The van der Waals surface area contributed by atoms with Crippen LogP contribution in [-0.2, 0) is 4.79 Å².